The van der Waals surface area contributed by atoms with Crippen molar-refractivity contribution >= 4 is 22.1 Å². The third kappa shape index (κ3) is 1.90. The van der Waals surface area contributed by atoms with E-state index < -0.39 is 5.60 Å². The third-order valence-electron chi connectivity index (χ3n) is 3.46. The SMILES string of the molecule is CC1(O)CCCN(c2nc3sccn3c2CO)C1. The average molecular weight is 267 g/mol. The first-order valence-electron chi connectivity index (χ1n) is 6.13. The van der Waals surface area contributed by atoms with Gasteiger partial charge in [-0.25, -0.2) is 4.98 Å². The summed E-state index contributed by atoms with van der Waals surface area (Å²) < 4.78 is 1.92. The summed E-state index contributed by atoms with van der Waals surface area (Å²) in [6.45, 7) is 3.28. The number of thiazole rings is 1. The molecule has 0 amide bonds. The minimum Gasteiger partial charge on any atom is -0.390 e. The molecule has 1 fully saturated rings. The summed E-state index contributed by atoms with van der Waals surface area (Å²) in [6.07, 6.45) is 3.69. The third-order valence-corrected chi connectivity index (χ3v) is 4.22. The number of hydrogen-bond acceptors (Lipinski definition) is 5. The Kier molecular flexibility index (Phi) is 2.80. The first kappa shape index (κ1) is 12.0. The zero-order valence-corrected chi connectivity index (χ0v) is 11.2. The van der Waals surface area contributed by atoms with Gasteiger partial charge >= 0.3 is 0 Å². The number of aromatic nitrogens is 2. The summed E-state index contributed by atoms with van der Waals surface area (Å²) in [5, 5.41) is 21.7. The van der Waals surface area contributed by atoms with Gasteiger partial charge in [-0.05, 0) is 19.8 Å². The fourth-order valence-electron chi connectivity index (χ4n) is 2.62. The number of piperidine rings is 1. The number of rotatable bonds is 2. The lowest BCUT2D eigenvalue weighted by Crippen LogP contribution is -2.46. The van der Waals surface area contributed by atoms with Crippen molar-refractivity contribution < 1.29 is 10.2 Å². The minimum absolute atomic E-state index is 0.0358. The number of imidazole rings is 1. The van der Waals surface area contributed by atoms with Crippen LogP contribution in [0, 0.1) is 0 Å². The van der Waals surface area contributed by atoms with Crippen LogP contribution in [0.5, 0.6) is 0 Å². The maximum atomic E-state index is 10.2. The molecule has 0 spiro atoms. The van der Waals surface area contributed by atoms with Gasteiger partial charge in [0.2, 0.25) is 0 Å². The molecule has 2 N–H and O–H groups in total. The second kappa shape index (κ2) is 4.22. The molecule has 18 heavy (non-hydrogen) atoms. The van der Waals surface area contributed by atoms with E-state index in [9.17, 15) is 10.2 Å². The summed E-state index contributed by atoms with van der Waals surface area (Å²) in [5.41, 5.74) is 0.145. The Morgan fingerprint density at radius 3 is 3.11 bits per heavy atom. The quantitative estimate of drug-likeness (QED) is 0.859. The highest BCUT2D eigenvalue weighted by molar-refractivity contribution is 7.15. The number of aliphatic hydroxyl groups excluding tert-OH is 1. The zero-order valence-electron chi connectivity index (χ0n) is 10.3. The van der Waals surface area contributed by atoms with Crippen molar-refractivity contribution in [1.82, 2.24) is 9.38 Å². The second-order valence-corrected chi connectivity index (χ2v) is 5.99. The van der Waals surface area contributed by atoms with E-state index >= 15 is 0 Å². The number of nitrogens with zero attached hydrogens (tertiary/aromatic N) is 3. The molecule has 0 radical (unpaired) electrons. The van der Waals surface area contributed by atoms with Crippen LogP contribution >= 0.6 is 11.3 Å². The topological polar surface area (TPSA) is 61.0 Å². The van der Waals surface area contributed by atoms with Crippen molar-refractivity contribution in [3.63, 3.8) is 0 Å². The van der Waals surface area contributed by atoms with Gasteiger partial charge in [-0.1, -0.05) is 0 Å². The molecule has 3 rings (SSSR count). The van der Waals surface area contributed by atoms with Crippen LogP contribution in [0.1, 0.15) is 25.5 Å². The summed E-state index contributed by atoms with van der Waals surface area (Å²) in [7, 11) is 0. The van der Waals surface area contributed by atoms with Crippen LogP contribution < -0.4 is 4.90 Å². The van der Waals surface area contributed by atoms with Crippen molar-refractivity contribution in [3.8, 4) is 0 Å². The number of anilines is 1. The molecule has 1 saturated heterocycles. The van der Waals surface area contributed by atoms with Crippen LogP contribution in [0.3, 0.4) is 0 Å². The van der Waals surface area contributed by atoms with E-state index in [0.29, 0.717) is 6.54 Å². The van der Waals surface area contributed by atoms with Gasteiger partial charge in [-0.3, -0.25) is 4.40 Å². The van der Waals surface area contributed by atoms with Crippen LogP contribution in [0.2, 0.25) is 0 Å². The van der Waals surface area contributed by atoms with E-state index in [-0.39, 0.29) is 6.61 Å². The van der Waals surface area contributed by atoms with E-state index in [1.165, 1.54) is 0 Å². The van der Waals surface area contributed by atoms with Gasteiger partial charge in [0, 0.05) is 24.7 Å². The second-order valence-electron chi connectivity index (χ2n) is 5.12. The molecule has 1 atom stereocenters. The van der Waals surface area contributed by atoms with Gasteiger partial charge in [0.15, 0.2) is 10.8 Å². The number of fused-ring (bicyclic) bond motifs is 1. The molecule has 5 nitrogen and oxygen atoms in total. The molecule has 1 aliphatic heterocycles. The Balaban J connectivity index is 2.00. The molecule has 3 heterocycles. The van der Waals surface area contributed by atoms with Gasteiger partial charge < -0.3 is 15.1 Å². The highest BCUT2D eigenvalue weighted by Crippen LogP contribution is 2.29. The summed E-state index contributed by atoms with van der Waals surface area (Å²) in [5.74, 6) is 0.810. The van der Waals surface area contributed by atoms with Crippen molar-refractivity contribution in [1.29, 1.82) is 0 Å². The Hall–Kier alpha value is -1.11. The zero-order chi connectivity index (χ0) is 12.8. The molecule has 0 bridgehead atoms. The Morgan fingerprint density at radius 2 is 2.39 bits per heavy atom. The molecular formula is C12H17N3O2S. The molecule has 2 aromatic rings. The van der Waals surface area contributed by atoms with Gasteiger partial charge in [0.1, 0.15) is 0 Å². The molecule has 1 aliphatic rings. The van der Waals surface area contributed by atoms with E-state index in [0.717, 1.165) is 35.9 Å². The highest BCUT2D eigenvalue weighted by Gasteiger charge is 2.31. The Labute approximate surface area is 109 Å². The predicted octanol–water partition coefficient (Wildman–Crippen LogP) is 1.24. The highest BCUT2D eigenvalue weighted by atomic mass is 32.1. The van der Waals surface area contributed by atoms with Gasteiger partial charge in [-0.15, -0.1) is 11.3 Å². The van der Waals surface area contributed by atoms with E-state index in [4.69, 9.17) is 0 Å². The van der Waals surface area contributed by atoms with Crippen LogP contribution in [-0.4, -0.2) is 38.3 Å². The number of β-amino-alcohol motifs (C(OH)–C–C–N with tert-alkyl or cyclic N) is 1. The average Bonchev–Trinajstić information content (AvgIpc) is 2.86. The van der Waals surface area contributed by atoms with Gasteiger partial charge in [0.05, 0.1) is 17.9 Å². The Morgan fingerprint density at radius 1 is 1.56 bits per heavy atom. The lowest BCUT2D eigenvalue weighted by atomic mass is 9.95. The fraction of sp³-hybridized carbons (Fsp3) is 0.583. The number of hydrogen-bond donors (Lipinski definition) is 2. The molecule has 6 heteroatoms. The smallest absolute Gasteiger partial charge is 0.195 e. The lowest BCUT2D eigenvalue weighted by Gasteiger charge is -2.37. The minimum atomic E-state index is -0.665. The maximum Gasteiger partial charge on any atom is 0.195 e. The van der Waals surface area contributed by atoms with Gasteiger partial charge in [-0.2, -0.15) is 0 Å². The molecule has 98 valence electrons. The van der Waals surface area contributed by atoms with Crippen LogP contribution in [0.15, 0.2) is 11.6 Å². The maximum absolute atomic E-state index is 10.2. The molecule has 0 aromatic carbocycles. The van der Waals surface area contributed by atoms with E-state index in [1.54, 1.807) is 11.3 Å². The molecule has 1 unspecified atom stereocenters. The molecule has 2 aromatic heterocycles. The largest absolute Gasteiger partial charge is 0.390 e. The van der Waals surface area contributed by atoms with Crippen LogP contribution in [0.4, 0.5) is 5.82 Å². The summed E-state index contributed by atoms with van der Waals surface area (Å²) in [4.78, 5) is 7.54. The lowest BCUT2D eigenvalue weighted by molar-refractivity contribution is 0.0446. The standard InChI is InChI=1S/C12H17N3O2S/c1-12(17)3-2-4-14(8-12)10-9(7-16)15-5-6-18-11(15)13-10/h5-6,16-17H,2-4,7-8H2,1H3. The van der Waals surface area contributed by atoms with Crippen molar-refractivity contribution in [3.05, 3.63) is 17.3 Å². The molecular weight excluding hydrogens is 250 g/mol. The van der Waals surface area contributed by atoms with E-state index in [2.05, 4.69) is 9.88 Å². The normalized spacial score (nSPS) is 24.9. The summed E-state index contributed by atoms with van der Waals surface area (Å²) in [6, 6.07) is 0. The van der Waals surface area contributed by atoms with Crippen molar-refractivity contribution in [2.24, 2.45) is 0 Å². The predicted molar refractivity (Wildman–Crippen MR) is 71.1 cm³/mol. The van der Waals surface area contributed by atoms with Crippen LogP contribution in [0.25, 0.3) is 4.96 Å². The first-order valence-corrected chi connectivity index (χ1v) is 7.01. The molecule has 0 saturated carbocycles. The Bertz CT molecular complexity index is 561. The first-order chi connectivity index (χ1) is 8.61. The fourth-order valence-corrected chi connectivity index (χ4v) is 3.35. The number of aliphatic hydroxyl groups is 2. The van der Waals surface area contributed by atoms with Gasteiger partial charge in [0.25, 0.3) is 0 Å². The van der Waals surface area contributed by atoms with Crippen molar-refractivity contribution in [2.45, 2.75) is 32.0 Å². The summed E-state index contributed by atoms with van der Waals surface area (Å²) >= 11 is 1.55. The monoisotopic (exact) mass is 267 g/mol. The van der Waals surface area contributed by atoms with Crippen molar-refractivity contribution in [2.75, 3.05) is 18.0 Å². The van der Waals surface area contributed by atoms with E-state index in [1.807, 2.05) is 22.9 Å². The van der Waals surface area contributed by atoms with Crippen LogP contribution in [-0.2, 0) is 6.61 Å². The molecule has 0 aliphatic carbocycles.